The quantitative estimate of drug-likeness (QED) is 0.0563. The summed E-state index contributed by atoms with van der Waals surface area (Å²) in [5.74, 6) is 0.967. The van der Waals surface area contributed by atoms with Crippen molar-refractivity contribution < 1.29 is 4.12 Å². The Morgan fingerprint density at radius 2 is 0.930 bits per heavy atom. The third-order valence-electron chi connectivity index (χ3n) is 11.8. The van der Waals surface area contributed by atoms with Gasteiger partial charge in [-0.25, -0.2) is 0 Å². The third-order valence-corrected chi connectivity index (χ3v) is 15.0. The van der Waals surface area contributed by atoms with Crippen molar-refractivity contribution in [1.29, 1.82) is 0 Å². The smallest absolute Gasteiger partial charge is 0.152 e. The van der Waals surface area contributed by atoms with Crippen LogP contribution < -0.4 is 0 Å². The summed E-state index contributed by atoms with van der Waals surface area (Å²) in [6.45, 7) is 9.46. The average Bonchev–Trinajstić information content (AvgIpc) is 3.01. The monoisotopic (exact) mass is 637 g/mol. The van der Waals surface area contributed by atoms with Crippen LogP contribution in [0.5, 0.6) is 0 Å². The van der Waals surface area contributed by atoms with Gasteiger partial charge in [-0.05, 0) is 54.9 Å². The molecule has 0 aromatic carbocycles. The Balaban J connectivity index is 3.31. The molecule has 0 radical (unpaired) electrons. The molecule has 1 nitrogen and oxygen atoms in total. The summed E-state index contributed by atoms with van der Waals surface area (Å²) in [4.78, 5) is 0. The van der Waals surface area contributed by atoms with E-state index < -0.39 is 9.76 Å². The van der Waals surface area contributed by atoms with Crippen LogP contribution >= 0.6 is 0 Å². The lowest BCUT2D eigenvalue weighted by Crippen LogP contribution is -2.47. The standard InChI is InChI=1S/C40H84OSi2/c1-5-9-13-17-21-26-32-38-33-27-25-31-37-40(43-41-42,36-30-24-20-16-12-8-4)39(38,34-28-22-18-14-10-6-2)35-29-23-19-15-11-7-3/h38H,5-37,43H2,1-4,42H3. The van der Waals surface area contributed by atoms with Crippen LogP contribution in [0.25, 0.3) is 0 Å². The zero-order valence-electron chi connectivity index (χ0n) is 31.0. The highest BCUT2D eigenvalue weighted by molar-refractivity contribution is 6.38. The molecular weight excluding hydrogens is 553 g/mol. The summed E-state index contributed by atoms with van der Waals surface area (Å²) in [6.07, 6.45) is 48.6. The average molecular weight is 637 g/mol. The highest BCUT2D eigenvalue weighted by atomic mass is 28.3. The molecule has 0 saturated heterocycles. The maximum Gasteiger partial charge on any atom is 0.152 e. The molecule has 2 atom stereocenters. The molecule has 0 aliphatic heterocycles. The van der Waals surface area contributed by atoms with Crippen LogP contribution in [0, 0.1) is 11.3 Å². The molecule has 1 aliphatic rings. The van der Waals surface area contributed by atoms with Gasteiger partial charge in [0.15, 0.2) is 9.76 Å². The topological polar surface area (TPSA) is 9.23 Å². The van der Waals surface area contributed by atoms with Gasteiger partial charge in [-0.3, -0.25) is 0 Å². The van der Waals surface area contributed by atoms with Gasteiger partial charge < -0.3 is 4.12 Å². The molecule has 3 heteroatoms. The maximum absolute atomic E-state index is 6.65. The molecule has 2 unspecified atom stereocenters. The molecule has 1 saturated carbocycles. The zero-order chi connectivity index (χ0) is 31.3. The van der Waals surface area contributed by atoms with E-state index in [9.17, 15) is 0 Å². The first-order chi connectivity index (χ1) is 21.2. The van der Waals surface area contributed by atoms with Crippen LogP contribution in [-0.2, 0) is 4.12 Å². The van der Waals surface area contributed by atoms with Crippen molar-refractivity contribution in [3.8, 4) is 0 Å². The summed E-state index contributed by atoms with van der Waals surface area (Å²) < 4.78 is 6.65. The van der Waals surface area contributed by atoms with Gasteiger partial charge >= 0.3 is 0 Å². The van der Waals surface area contributed by atoms with E-state index in [4.69, 9.17) is 4.12 Å². The molecule has 0 amide bonds. The minimum atomic E-state index is -0.522. The predicted molar refractivity (Wildman–Crippen MR) is 203 cm³/mol. The summed E-state index contributed by atoms with van der Waals surface area (Å²) in [5.41, 5.74) is 0.576. The van der Waals surface area contributed by atoms with Crippen molar-refractivity contribution >= 4 is 20.2 Å². The normalized spacial score (nSPS) is 21.1. The van der Waals surface area contributed by atoms with Crippen LogP contribution in [0.1, 0.15) is 240 Å². The lowest BCUT2D eigenvalue weighted by molar-refractivity contribution is 0.0134. The van der Waals surface area contributed by atoms with Crippen LogP contribution in [0.3, 0.4) is 0 Å². The van der Waals surface area contributed by atoms with E-state index in [1.54, 1.807) is 12.8 Å². The molecule has 0 heterocycles. The second-order valence-electron chi connectivity index (χ2n) is 15.3. The lowest BCUT2D eigenvalue weighted by atomic mass is 9.55. The van der Waals surface area contributed by atoms with Gasteiger partial charge in [-0.2, -0.15) is 0 Å². The second-order valence-corrected chi connectivity index (χ2v) is 19.2. The first kappa shape index (κ1) is 41.4. The van der Waals surface area contributed by atoms with Gasteiger partial charge in [-0.1, -0.05) is 201 Å². The SMILES string of the molecule is CCCCCCCCC1CCCCCC(CCCCCCCC)([SiH2]O[SiH3])C1(CCCCCCCC)CCCCCCCC. The van der Waals surface area contributed by atoms with E-state index in [1.807, 2.05) is 0 Å². The Hall–Kier alpha value is 0.394. The van der Waals surface area contributed by atoms with Gasteiger partial charge in [0.1, 0.15) is 10.5 Å². The fourth-order valence-electron chi connectivity index (χ4n) is 9.27. The van der Waals surface area contributed by atoms with Gasteiger partial charge in [0, 0.05) is 0 Å². The number of unbranched alkanes of at least 4 members (excludes halogenated alkanes) is 20. The number of hydrogen-bond acceptors (Lipinski definition) is 1. The largest absolute Gasteiger partial charge is 0.468 e. The molecule has 0 bridgehead atoms. The number of hydrogen-bond donors (Lipinski definition) is 0. The van der Waals surface area contributed by atoms with Crippen molar-refractivity contribution in [2.75, 3.05) is 0 Å². The van der Waals surface area contributed by atoms with E-state index >= 15 is 0 Å². The summed E-state index contributed by atoms with van der Waals surface area (Å²) in [7, 11) is 0.444. The minimum Gasteiger partial charge on any atom is -0.468 e. The first-order valence-electron chi connectivity index (χ1n) is 20.6. The summed E-state index contributed by atoms with van der Waals surface area (Å²) in [6, 6.07) is 0. The second kappa shape index (κ2) is 28.6. The molecule has 0 N–H and O–H groups in total. The molecule has 0 spiro atoms. The molecule has 1 fully saturated rings. The van der Waals surface area contributed by atoms with Crippen molar-refractivity contribution in [1.82, 2.24) is 0 Å². The molecule has 1 rings (SSSR count). The van der Waals surface area contributed by atoms with Gasteiger partial charge in [0.25, 0.3) is 0 Å². The van der Waals surface area contributed by atoms with E-state index in [0.717, 1.165) is 16.4 Å². The highest BCUT2D eigenvalue weighted by Gasteiger charge is 2.53. The van der Waals surface area contributed by atoms with Gasteiger partial charge in [0.2, 0.25) is 0 Å². The van der Waals surface area contributed by atoms with E-state index in [-0.39, 0.29) is 0 Å². The fraction of sp³-hybridized carbons (Fsp3) is 1.00. The van der Waals surface area contributed by atoms with Crippen LogP contribution in [0.2, 0.25) is 5.04 Å². The Morgan fingerprint density at radius 1 is 0.512 bits per heavy atom. The van der Waals surface area contributed by atoms with E-state index in [0.29, 0.717) is 10.5 Å². The zero-order valence-corrected chi connectivity index (χ0v) is 34.4. The summed E-state index contributed by atoms with van der Waals surface area (Å²) >= 11 is 0. The summed E-state index contributed by atoms with van der Waals surface area (Å²) in [5, 5.41) is 0.569. The van der Waals surface area contributed by atoms with E-state index in [2.05, 4.69) is 27.7 Å². The molecule has 258 valence electrons. The highest BCUT2D eigenvalue weighted by Crippen LogP contribution is 2.65. The van der Waals surface area contributed by atoms with Crippen molar-refractivity contribution in [2.45, 2.75) is 245 Å². The maximum atomic E-state index is 6.65. The van der Waals surface area contributed by atoms with Crippen LogP contribution in [0.15, 0.2) is 0 Å². The molecule has 1 aliphatic carbocycles. The minimum absolute atomic E-state index is 0.522. The first-order valence-corrected chi connectivity index (χ1v) is 22.7. The molecule has 0 aromatic rings. The van der Waals surface area contributed by atoms with Crippen LogP contribution in [0.4, 0.5) is 0 Å². The molecule has 0 aromatic heterocycles. The lowest BCUT2D eigenvalue weighted by Gasteiger charge is -2.57. The van der Waals surface area contributed by atoms with Crippen molar-refractivity contribution in [3.05, 3.63) is 0 Å². The Morgan fingerprint density at radius 3 is 1.40 bits per heavy atom. The van der Waals surface area contributed by atoms with Crippen molar-refractivity contribution in [3.63, 3.8) is 0 Å². The Labute approximate surface area is 279 Å². The fourth-order valence-corrected chi connectivity index (χ4v) is 13.2. The molecular formula is C40H84OSi2. The predicted octanol–water partition coefficient (Wildman–Crippen LogP) is 13.1. The van der Waals surface area contributed by atoms with Gasteiger partial charge in [-0.15, -0.1) is 0 Å². The molecule has 43 heavy (non-hydrogen) atoms. The Bertz CT molecular complexity index is 565. The van der Waals surface area contributed by atoms with E-state index in [1.165, 1.54) is 199 Å². The Kier molecular flexibility index (Phi) is 27.6. The number of rotatable bonds is 30. The van der Waals surface area contributed by atoms with Gasteiger partial charge in [0.05, 0.1) is 0 Å². The van der Waals surface area contributed by atoms with Crippen molar-refractivity contribution in [2.24, 2.45) is 11.3 Å². The van der Waals surface area contributed by atoms with Crippen LogP contribution in [-0.4, -0.2) is 20.2 Å². The third kappa shape index (κ3) is 17.2.